The fourth-order valence-corrected chi connectivity index (χ4v) is 3.67. The van der Waals surface area contributed by atoms with Gasteiger partial charge in [-0.2, -0.15) is 0 Å². The maximum atomic E-state index is 11.7. The molecule has 1 aliphatic rings. The van der Waals surface area contributed by atoms with Crippen LogP contribution in [0.25, 0.3) is 0 Å². The molecule has 2 heterocycles. The van der Waals surface area contributed by atoms with Crippen molar-refractivity contribution in [2.75, 3.05) is 18.2 Å². The first-order valence-corrected chi connectivity index (χ1v) is 7.65. The van der Waals surface area contributed by atoms with Crippen LogP contribution in [0.15, 0.2) is 0 Å². The molecular formula is C11H17N3OS2. The maximum Gasteiger partial charge on any atom is 0.238 e. The van der Waals surface area contributed by atoms with E-state index in [9.17, 15) is 4.79 Å². The fourth-order valence-electron chi connectivity index (χ4n) is 1.79. The number of aryl methyl sites for hydroxylation is 2. The van der Waals surface area contributed by atoms with Gasteiger partial charge in [-0.15, -0.1) is 23.1 Å². The molecule has 0 aliphatic carbocycles. The highest BCUT2D eigenvalue weighted by Gasteiger charge is 2.21. The quantitative estimate of drug-likeness (QED) is 0.860. The molecule has 1 aromatic rings. The van der Waals surface area contributed by atoms with Crippen molar-refractivity contribution in [2.24, 2.45) is 0 Å². The molecule has 1 aromatic heterocycles. The van der Waals surface area contributed by atoms with E-state index in [-0.39, 0.29) is 11.9 Å². The van der Waals surface area contributed by atoms with E-state index in [4.69, 9.17) is 0 Å². The zero-order chi connectivity index (χ0) is 12.3. The summed E-state index contributed by atoms with van der Waals surface area (Å²) < 4.78 is 0. The van der Waals surface area contributed by atoms with Crippen LogP contribution in [-0.4, -0.2) is 35.1 Å². The molecule has 0 radical (unpaired) electrons. The molecule has 4 nitrogen and oxygen atoms in total. The minimum atomic E-state index is -0.00991. The van der Waals surface area contributed by atoms with Gasteiger partial charge in [0.15, 0.2) is 0 Å². The van der Waals surface area contributed by atoms with Gasteiger partial charge in [0.1, 0.15) is 0 Å². The molecule has 1 saturated heterocycles. The van der Waals surface area contributed by atoms with Gasteiger partial charge < -0.3 is 5.32 Å². The first kappa shape index (κ1) is 12.9. The van der Waals surface area contributed by atoms with Crippen LogP contribution in [-0.2, 0) is 11.2 Å². The average molecular weight is 271 g/mol. The molecule has 6 heteroatoms. The topological polar surface area (TPSA) is 54.0 Å². The molecule has 1 amide bonds. The van der Waals surface area contributed by atoms with E-state index in [1.54, 1.807) is 23.1 Å². The number of thioether (sulfide) groups is 1. The van der Waals surface area contributed by atoms with Gasteiger partial charge in [-0.3, -0.25) is 10.1 Å². The second-order valence-electron chi connectivity index (χ2n) is 4.05. The van der Waals surface area contributed by atoms with E-state index in [1.807, 2.05) is 13.8 Å². The summed E-state index contributed by atoms with van der Waals surface area (Å²) in [5, 5.41) is 7.23. The summed E-state index contributed by atoms with van der Waals surface area (Å²) >= 11 is 3.48. The summed E-state index contributed by atoms with van der Waals surface area (Å²) in [7, 11) is 0. The van der Waals surface area contributed by atoms with Crippen molar-refractivity contribution < 1.29 is 4.79 Å². The molecule has 1 aliphatic heterocycles. The van der Waals surface area contributed by atoms with Crippen molar-refractivity contribution in [2.45, 2.75) is 26.3 Å². The van der Waals surface area contributed by atoms with E-state index in [0.29, 0.717) is 6.54 Å². The number of amides is 1. The predicted octanol–water partition coefficient (Wildman–Crippen LogP) is 1.08. The highest BCUT2D eigenvalue weighted by Crippen LogP contribution is 2.17. The third-order valence-corrected chi connectivity index (χ3v) is 4.76. The smallest absolute Gasteiger partial charge is 0.238 e. The lowest BCUT2D eigenvalue weighted by atomic mass is 10.3. The van der Waals surface area contributed by atoms with Crippen LogP contribution < -0.4 is 10.6 Å². The number of hydrogen-bond donors (Lipinski definition) is 2. The van der Waals surface area contributed by atoms with Crippen LogP contribution in [0.2, 0.25) is 0 Å². The van der Waals surface area contributed by atoms with Crippen LogP contribution in [0, 0.1) is 13.8 Å². The Kier molecular flexibility index (Phi) is 4.42. The summed E-state index contributed by atoms with van der Waals surface area (Å²) in [5.41, 5.74) is 1.09. The normalized spacial score (nSPS) is 19.5. The Morgan fingerprint density at radius 3 is 3.00 bits per heavy atom. The van der Waals surface area contributed by atoms with Crippen LogP contribution in [0.5, 0.6) is 0 Å². The van der Waals surface area contributed by atoms with Gasteiger partial charge in [-0.1, -0.05) is 0 Å². The summed E-state index contributed by atoms with van der Waals surface area (Å²) in [6, 6.07) is -0.00991. The third kappa shape index (κ3) is 3.43. The Labute approximate surface area is 110 Å². The van der Waals surface area contributed by atoms with Gasteiger partial charge in [-0.25, -0.2) is 4.98 Å². The Morgan fingerprint density at radius 2 is 2.41 bits per heavy atom. The van der Waals surface area contributed by atoms with Crippen molar-refractivity contribution in [3.8, 4) is 0 Å². The molecule has 1 fully saturated rings. The number of rotatable bonds is 4. The summed E-state index contributed by atoms with van der Waals surface area (Å²) in [6.45, 7) is 4.74. The summed E-state index contributed by atoms with van der Waals surface area (Å²) in [5.74, 6) is 1.88. The second-order valence-corrected chi connectivity index (χ2v) is 6.37. The highest BCUT2D eigenvalue weighted by atomic mass is 32.2. The van der Waals surface area contributed by atoms with E-state index in [1.165, 1.54) is 4.88 Å². The van der Waals surface area contributed by atoms with Gasteiger partial charge in [0.2, 0.25) is 5.91 Å². The van der Waals surface area contributed by atoms with Gasteiger partial charge in [-0.05, 0) is 13.8 Å². The molecule has 1 unspecified atom stereocenters. The van der Waals surface area contributed by atoms with Crippen LogP contribution in [0.1, 0.15) is 15.6 Å². The average Bonchev–Trinajstić information content (AvgIpc) is 2.89. The third-order valence-electron chi connectivity index (χ3n) is 2.68. The first-order valence-electron chi connectivity index (χ1n) is 5.68. The highest BCUT2D eigenvalue weighted by molar-refractivity contribution is 7.99. The fraction of sp³-hybridized carbons (Fsp3) is 0.636. The Morgan fingerprint density at radius 1 is 1.59 bits per heavy atom. The van der Waals surface area contributed by atoms with E-state index in [2.05, 4.69) is 15.6 Å². The van der Waals surface area contributed by atoms with Crippen LogP contribution in [0.4, 0.5) is 0 Å². The lowest BCUT2D eigenvalue weighted by molar-refractivity contribution is -0.122. The van der Waals surface area contributed by atoms with Crippen molar-refractivity contribution in [1.29, 1.82) is 0 Å². The minimum absolute atomic E-state index is 0.00991. The monoisotopic (exact) mass is 271 g/mol. The van der Waals surface area contributed by atoms with Gasteiger partial charge in [0.05, 0.1) is 16.7 Å². The molecule has 94 valence electrons. The standard InChI is InChI=1S/C11H17N3OS2/c1-7-10(17-8(2)14-7)3-4-12-11(15)9-5-16-6-13-9/h9,13H,3-6H2,1-2H3,(H,12,15). The molecule has 2 N–H and O–H groups in total. The zero-order valence-electron chi connectivity index (χ0n) is 10.1. The molecule has 17 heavy (non-hydrogen) atoms. The Bertz CT molecular complexity index is 399. The second kappa shape index (κ2) is 5.84. The van der Waals surface area contributed by atoms with Gasteiger partial charge in [0.25, 0.3) is 0 Å². The van der Waals surface area contributed by atoms with Crippen LogP contribution in [0.3, 0.4) is 0 Å². The molecular weight excluding hydrogens is 254 g/mol. The molecule has 0 aromatic carbocycles. The van der Waals surface area contributed by atoms with E-state index in [0.717, 1.165) is 28.8 Å². The number of aromatic nitrogens is 1. The number of nitrogens with one attached hydrogen (secondary N) is 2. The molecule has 0 saturated carbocycles. The van der Waals surface area contributed by atoms with Crippen molar-refractivity contribution in [3.63, 3.8) is 0 Å². The maximum absolute atomic E-state index is 11.7. The number of carbonyl (C=O) groups is 1. The van der Waals surface area contributed by atoms with E-state index >= 15 is 0 Å². The summed E-state index contributed by atoms with van der Waals surface area (Å²) in [4.78, 5) is 17.4. The number of nitrogens with zero attached hydrogens (tertiary/aromatic N) is 1. The van der Waals surface area contributed by atoms with Gasteiger partial charge in [0, 0.05) is 29.5 Å². The van der Waals surface area contributed by atoms with E-state index < -0.39 is 0 Å². The number of hydrogen-bond acceptors (Lipinski definition) is 5. The largest absolute Gasteiger partial charge is 0.354 e. The van der Waals surface area contributed by atoms with Crippen LogP contribution >= 0.6 is 23.1 Å². The van der Waals surface area contributed by atoms with Crippen molar-refractivity contribution in [1.82, 2.24) is 15.6 Å². The molecule has 0 spiro atoms. The molecule has 0 bridgehead atoms. The zero-order valence-corrected chi connectivity index (χ0v) is 11.7. The lowest BCUT2D eigenvalue weighted by Gasteiger charge is -2.09. The Balaban J connectivity index is 1.75. The lowest BCUT2D eigenvalue weighted by Crippen LogP contribution is -2.42. The molecule has 1 atom stereocenters. The number of thiazole rings is 1. The van der Waals surface area contributed by atoms with Gasteiger partial charge >= 0.3 is 0 Å². The first-order chi connectivity index (χ1) is 8.16. The summed E-state index contributed by atoms with van der Waals surface area (Å²) in [6.07, 6.45) is 0.878. The molecule has 2 rings (SSSR count). The van der Waals surface area contributed by atoms with Crippen molar-refractivity contribution in [3.05, 3.63) is 15.6 Å². The SMILES string of the molecule is Cc1nc(C)c(CCNC(=O)C2CSCN2)s1. The van der Waals surface area contributed by atoms with Crippen molar-refractivity contribution >= 4 is 29.0 Å². The number of carbonyl (C=O) groups excluding carboxylic acids is 1. The minimum Gasteiger partial charge on any atom is -0.354 e. The Hall–Kier alpha value is -0.590. The predicted molar refractivity (Wildman–Crippen MR) is 72.6 cm³/mol.